The highest BCUT2D eigenvalue weighted by molar-refractivity contribution is 5.87. The van der Waals surface area contributed by atoms with Crippen molar-refractivity contribution in [2.24, 2.45) is 14.1 Å². The van der Waals surface area contributed by atoms with Gasteiger partial charge in [0.2, 0.25) is 0 Å². The molecular weight excluding hydrogens is 542 g/mol. The number of aryl methyl sites for hydroxylation is 3. The number of anilines is 1. The quantitative estimate of drug-likeness (QED) is 0.298. The zero-order valence-corrected chi connectivity index (χ0v) is 22.2. The molecule has 11 nitrogen and oxygen atoms in total. The molecule has 0 N–H and O–H groups in total. The Morgan fingerprint density at radius 1 is 1.07 bits per heavy atom. The van der Waals surface area contributed by atoms with E-state index in [0.717, 1.165) is 6.20 Å². The maximum atomic E-state index is 15.9. The average Bonchev–Trinajstić information content (AvgIpc) is 3.65. The summed E-state index contributed by atoms with van der Waals surface area (Å²) in [6.45, 7) is 2.28. The number of fused-ring (bicyclic) bond motifs is 1. The predicted octanol–water partition coefficient (Wildman–Crippen LogP) is 4.14. The molecule has 1 saturated heterocycles. The molecule has 0 amide bonds. The van der Waals surface area contributed by atoms with E-state index in [2.05, 4.69) is 31.4 Å². The molecule has 5 aromatic heterocycles. The van der Waals surface area contributed by atoms with E-state index in [1.165, 1.54) is 18.6 Å². The highest BCUT2D eigenvalue weighted by Crippen LogP contribution is 2.42. The lowest BCUT2D eigenvalue weighted by molar-refractivity contribution is -0.211. The number of aromatic nitrogens is 9. The van der Waals surface area contributed by atoms with Gasteiger partial charge in [-0.15, -0.1) is 28.5 Å². The lowest BCUT2D eigenvalue weighted by atomic mass is 9.91. The van der Waals surface area contributed by atoms with E-state index >= 15 is 4.39 Å². The summed E-state index contributed by atoms with van der Waals surface area (Å²) in [4.78, 5) is 10.9. The van der Waals surface area contributed by atoms with Crippen LogP contribution in [0.15, 0.2) is 37.1 Å². The molecule has 5 aromatic rings. The van der Waals surface area contributed by atoms with Crippen LogP contribution in [0.2, 0.25) is 0 Å². The van der Waals surface area contributed by atoms with Crippen LogP contribution in [0.5, 0.6) is 0 Å². The second-order valence-electron chi connectivity index (χ2n) is 10.1. The molecule has 0 aromatic carbocycles. The summed E-state index contributed by atoms with van der Waals surface area (Å²) in [5, 5.41) is 26.1. The van der Waals surface area contributed by atoms with Gasteiger partial charge in [-0.1, -0.05) is 0 Å². The third-order valence-corrected chi connectivity index (χ3v) is 7.28. The molecule has 0 spiro atoms. The lowest BCUT2D eigenvalue weighted by Gasteiger charge is -2.38. The number of nitrogens with zero attached hydrogens (tertiary/aromatic N) is 11. The maximum Gasteiger partial charge on any atom is 0.504 e. The van der Waals surface area contributed by atoms with Crippen molar-refractivity contribution in [2.75, 3.05) is 18.0 Å². The van der Waals surface area contributed by atoms with Crippen molar-refractivity contribution in [1.29, 1.82) is 5.26 Å². The molecule has 0 aliphatic carbocycles. The SMILES string of the molecule is Cc1nn(C)cc1-c1cc(C#N)c(N2CCC(F)(c3nncn3C)CC2)c(-c2cnc3nn(C(F)(F)F)cc3c2)n1. The average molecular weight is 566 g/mol. The van der Waals surface area contributed by atoms with Crippen LogP contribution in [0.25, 0.3) is 33.5 Å². The number of rotatable bonds is 4. The summed E-state index contributed by atoms with van der Waals surface area (Å²) >= 11 is 0. The van der Waals surface area contributed by atoms with E-state index in [9.17, 15) is 18.4 Å². The summed E-state index contributed by atoms with van der Waals surface area (Å²) in [6, 6.07) is 5.40. The number of hydrogen-bond acceptors (Lipinski definition) is 8. The molecule has 0 atom stereocenters. The lowest BCUT2D eigenvalue weighted by Crippen LogP contribution is -2.42. The van der Waals surface area contributed by atoms with Gasteiger partial charge in [0.25, 0.3) is 0 Å². The van der Waals surface area contributed by atoms with Gasteiger partial charge in [-0.3, -0.25) is 4.68 Å². The Morgan fingerprint density at radius 2 is 1.83 bits per heavy atom. The Balaban J connectivity index is 1.48. The van der Waals surface area contributed by atoms with Crippen molar-refractivity contribution in [3.05, 3.63) is 54.1 Å². The van der Waals surface area contributed by atoms with E-state index in [4.69, 9.17) is 4.98 Å². The van der Waals surface area contributed by atoms with E-state index in [-0.39, 0.29) is 53.0 Å². The Morgan fingerprint density at radius 3 is 2.44 bits per heavy atom. The van der Waals surface area contributed by atoms with Gasteiger partial charge >= 0.3 is 6.30 Å². The molecular formula is C26H23F4N11. The van der Waals surface area contributed by atoms with Crippen molar-refractivity contribution in [3.8, 4) is 28.6 Å². The molecule has 0 radical (unpaired) electrons. The minimum atomic E-state index is -4.70. The predicted molar refractivity (Wildman–Crippen MR) is 139 cm³/mol. The number of piperidine rings is 1. The van der Waals surface area contributed by atoms with Crippen molar-refractivity contribution < 1.29 is 17.6 Å². The van der Waals surface area contributed by atoms with Gasteiger partial charge in [0.1, 0.15) is 12.4 Å². The molecule has 1 aliphatic rings. The summed E-state index contributed by atoms with van der Waals surface area (Å²) in [5.41, 5.74) is 1.50. The van der Waals surface area contributed by atoms with Crippen LogP contribution < -0.4 is 4.90 Å². The van der Waals surface area contributed by atoms with E-state index in [0.29, 0.717) is 33.9 Å². The highest BCUT2D eigenvalue weighted by atomic mass is 19.4. The van der Waals surface area contributed by atoms with Crippen molar-refractivity contribution in [3.63, 3.8) is 0 Å². The number of hydrogen-bond donors (Lipinski definition) is 0. The van der Waals surface area contributed by atoms with Gasteiger partial charge in [0.05, 0.1) is 28.3 Å². The van der Waals surface area contributed by atoms with Crippen molar-refractivity contribution in [2.45, 2.75) is 31.7 Å². The van der Waals surface area contributed by atoms with Crippen LogP contribution in [0.3, 0.4) is 0 Å². The van der Waals surface area contributed by atoms with Crippen LogP contribution in [0.1, 0.15) is 29.9 Å². The summed E-state index contributed by atoms with van der Waals surface area (Å²) < 4.78 is 58.9. The van der Waals surface area contributed by atoms with Crippen LogP contribution in [0.4, 0.5) is 23.2 Å². The van der Waals surface area contributed by atoms with Crippen LogP contribution in [-0.2, 0) is 26.1 Å². The summed E-state index contributed by atoms with van der Waals surface area (Å²) in [6.07, 6.45) is 0.923. The first-order chi connectivity index (χ1) is 19.5. The Kier molecular flexibility index (Phi) is 6.02. The molecule has 41 heavy (non-hydrogen) atoms. The zero-order chi connectivity index (χ0) is 29.1. The molecule has 0 saturated carbocycles. The fourth-order valence-corrected chi connectivity index (χ4v) is 5.31. The van der Waals surface area contributed by atoms with Gasteiger partial charge in [0.15, 0.2) is 17.1 Å². The summed E-state index contributed by atoms with van der Waals surface area (Å²) in [5.74, 6) is 0.231. The molecule has 6 rings (SSSR count). The molecule has 0 bridgehead atoms. The van der Waals surface area contributed by atoms with E-state index < -0.39 is 12.0 Å². The van der Waals surface area contributed by atoms with Gasteiger partial charge < -0.3 is 9.47 Å². The minimum absolute atomic E-state index is 0.0863. The topological polar surface area (TPSA) is 119 Å². The Hall–Kier alpha value is -4.87. The number of pyridine rings is 2. The van der Waals surface area contributed by atoms with Crippen LogP contribution in [-0.4, -0.2) is 57.4 Å². The molecule has 210 valence electrons. The Bertz CT molecular complexity index is 1820. The van der Waals surface area contributed by atoms with Gasteiger partial charge in [0, 0.05) is 75.1 Å². The van der Waals surface area contributed by atoms with E-state index in [1.54, 1.807) is 35.6 Å². The number of alkyl halides is 4. The van der Waals surface area contributed by atoms with Gasteiger partial charge in [-0.05, 0) is 19.1 Å². The number of halogens is 4. The number of nitriles is 1. The van der Waals surface area contributed by atoms with Gasteiger partial charge in [-0.25, -0.2) is 14.4 Å². The molecule has 1 fully saturated rings. The molecule has 1 aliphatic heterocycles. The minimum Gasteiger partial charge on any atom is -0.368 e. The first-order valence-corrected chi connectivity index (χ1v) is 12.6. The third kappa shape index (κ3) is 4.54. The monoisotopic (exact) mass is 565 g/mol. The summed E-state index contributed by atoms with van der Waals surface area (Å²) in [7, 11) is 3.45. The molecule has 0 unspecified atom stereocenters. The normalized spacial score (nSPS) is 15.4. The van der Waals surface area contributed by atoms with Crippen LogP contribution >= 0.6 is 0 Å². The first-order valence-electron chi connectivity index (χ1n) is 12.6. The largest absolute Gasteiger partial charge is 0.504 e. The van der Waals surface area contributed by atoms with Crippen molar-refractivity contribution >= 4 is 16.7 Å². The molecule has 6 heterocycles. The second-order valence-corrected chi connectivity index (χ2v) is 10.1. The smallest absolute Gasteiger partial charge is 0.368 e. The second kappa shape index (κ2) is 9.36. The standard InChI is InChI=1S/C26H23F4N11/c1-15-19(13-39(3)36-15)20-9-16(10-31)22(40-6-4-25(27,5-7-40)24-35-33-14-38(24)2)21(34-20)17-8-18-12-41(26(28,29)30)37-23(18)32-11-17/h8-9,11-14H,4-7H2,1-3H3. The fourth-order valence-electron chi connectivity index (χ4n) is 5.31. The van der Waals surface area contributed by atoms with Gasteiger partial charge in [-0.2, -0.15) is 15.0 Å². The highest BCUT2D eigenvalue weighted by Gasteiger charge is 2.41. The van der Waals surface area contributed by atoms with E-state index in [1.807, 2.05) is 11.8 Å². The Labute approximate surface area is 230 Å². The van der Waals surface area contributed by atoms with Crippen LogP contribution in [0, 0.1) is 18.3 Å². The fraction of sp³-hybridized carbons (Fsp3) is 0.346. The van der Waals surface area contributed by atoms with Crippen molar-refractivity contribution in [1.82, 2.24) is 44.3 Å². The third-order valence-electron chi connectivity index (χ3n) is 7.28. The zero-order valence-electron chi connectivity index (χ0n) is 22.2. The first kappa shape index (κ1) is 26.4. The molecule has 15 heteroatoms. The maximum absolute atomic E-state index is 15.9.